The molecule has 4 unspecified atom stereocenters. The van der Waals surface area contributed by atoms with Gasteiger partial charge in [-0.15, -0.1) is 45.3 Å². The van der Waals surface area contributed by atoms with Crippen LogP contribution in [0.2, 0.25) is 0 Å². The van der Waals surface area contributed by atoms with Gasteiger partial charge in [0.25, 0.3) is 0 Å². The maximum absolute atomic E-state index is 13.7. The van der Waals surface area contributed by atoms with Crippen LogP contribution in [0.5, 0.6) is 0 Å². The minimum Gasteiger partial charge on any atom is -0.294 e. The summed E-state index contributed by atoms with van der Waals surface area (Å²) in [5.74, 6) is 16.7. The molecule has 6 aromatic rings. The molecule has 0 N–H and O–H groups in total. The van der Waals surface area contributed by atoms with E-state index in [0.29, 0.717) is 36.5 Å². The van der Waals surface area contributed by atoms with Gasteiger partial charge in [-0.25, -0.2) is 0 Å². The monoisotopic (exact) mass is 1220 g/mol. The normalized spacial score (nSPS) is 13.3. The van der Waals surface area contributed by atoms with E-state index in [1.54, 1.807) is 45.3 Å². The number of hydrogen-bond acceptors (Lipinski definition) is 6. The van der Waals surface area contributed by atoms with E-state index in [1.807, 2.05) is 0 Å². The third-order valence-electron chi connectivity index (χ3n) is 13.0. The molecule has 0 saturated heterocycles. The summed E-state index contributed by atoms with van der Waals surface area (Å²) < 4.78 is 8.68. The summed E-state index contributed by atoms with van der Waals surface area (Å²) in [6.07, 6.45) is 19.6. The molecule has 4 heterocycles. The molecule has 2 aromatic carbocycles. The Labute approximate surface area is 446 Å². The number of carbonyl (C=O) groups excluding carboxylic acids is 2. The van der Waals surface area contributed by atoms with Crippen LogP contribution in [0.4, 0.5) is 0 Å². The van der Waals surface area contributed by atoms with Crippen LogP contribution in [0.1, 0.15) is 203 Å². The molecule has 0 bridgehead atoms. The van der Waals surface area contributed by atoms with Crippen molar-refractivity contribution in [1.82, 2.24) is 0 Å². The van der Waals surface area contributed by atoms with Gasteiger partial charge < -0.3 is 0 Å². The van der Waals surface area contributed by atoms with Crippen LogP contribution in [-0.2, 0) is 0 Å². The molecule has 0 aliphatic heterocycles. The first-order valence-electron chi connectivity index (χ1n) is 24.6. The van der Waals surface area contributed by atoms with Gasteiger partial charge in [0.05, 0.1) is 35.7 Å². The summed E-state index contributed by atoms with van der Waals surface area (Å²) >= 11 is 21.5. The molecule has 0 aliphatic carbocycles. The highest BCUT2D eigenvalue weighted by atomic mass is 79.9. The van der Waals surface area contributed by atoms with Crippen LogP contribution < -0.4 is 0 Å². The average Bonchev–Trinajstić information content (AvgIpc) is 4.09. The highest BCUT2D eigenvalue weighted by Crippen LogP contribution is 2.47. The lowest BCUT2D eigenvalue weighted by Crippen LogP contribution is -2.12. The molecule has 4 aromatic heterocycles. The molecule has 10 heteroatoms. The first-order chi connectivity index (χ1) is 31.9. The van der Waals surface area contributed by atoms with Crippen molar-refractivity contribution in [2.75, 3.05) is 0 Å². The highest BCUT2D eigenvalue weighted by molar-refractivity contribution is 9.11. The van der Waals surface area contributed by atoms with Crippen molar-refractivity contribution in [1.29, 1.82) is 0 Å². The summed E-state index contributed by atoms with van der Waals surface area (Å²) in [5, 5.41) is 4.37. The Morgan fingerprint density at radius 1 is 0.455 bits per heavy atom. The minimum atomic E-state index is 0.214. The van der Waals surface area contributed by atoms with Crippen LogP contribution >= 0.6 is 109 Å². The zero-order valence-electron chi connectivity index (χ0n) is 40.3. The number of benzene rings is 2. The van der Waals surface area contributed by atoms with Gasteiger partial charge in [-0.2, -0.15) is 0 Å². The molecule has 6 rings (SSSR count). The topological polar surface area (TPSA) is 34.1 Å². The Kier molecular flexibility index (Phi) is 23.5. The Morgan fingerprint density at radius 3 is 1.09 bits per heavy atom. The molecule has 0 spiro atoms. The maximum Gasteiger partial charge on any atom is 0.165 e. The van der Waals surface area contributed by atoms with E-state index in [1.165, 1.54) is 69.8 Å². The van der Waals surface area contributed by atoms with Gasteiger partial charge >= 0.3 is 0 Å². The zero-order chi connectivity index (χ0) is 47.9. The van der Waals surface area contributed by atoms with E-state index < -0.39 is 0 Å². The summed E-state index contributed by atoms with van der Waals surface area (Å²) in [4.78, 5) is 27.5. The lowest BCUT2D eigenvalue weighted by molar-refractivity contribution is 0.0950. The zero-order valence-corrected chi connectivity index (χ0v) is 49.9. The third kappa shape index (κ3) is 14.4. The number of carbonyl (C=O) groups is 2. The molecule has 0 saturated carbocycles. The van der Waals surface area contributed by atoms with Crippen LogP contribution in [0.25, 0.3) is 40.3 Å². The highest BCUT2D eigenvalue weighted by Gasteiger charge is 2.28. The number of hydrogen-bond donors (Lipinski definition) is 0. The van der Waals surface area contributed by atoms with Gasteiger partial charge in [-0.3, -0.25) is 9.59 Å². The molecule has 356 valence electrons. The van der Waals surface area contributed by atoms with E-state index in [2.05, 4.69) is 167 Å². The molecule has 4 atom stereocenters. The lowest BCUT2D eigenvalue weighted by Gasteiger charge is -2.17. The van der Waals surface area contributed by atoms with Gasteiger partial charge in [-0.05, 0) is 126 Å². The summed E-state index contributed by atoms with van der Waals surface area (Å²) in [6, 6.07) is 8.59. The standard InChI is InChI=1S/C28H36Br2O2S2.C28H32Br2S2/c1-5-9-11-17(7-3)13-21(31)25-19-15-23(29)34-28(19)26(20-16-24(30)33-27(20)25)22(32)14-18(8-4)12-10-6-2;1-5-9-11-19(7-3)13-15-21-23-17-25(29)32-28(23)22(24-18-26(30)31-27(21)24)16-14-20(8-4)12-10-6-2/h15-18H,5-14H2,1-4H3;17-20H,5-12H2,1-4H3. The number of fused-ring (bicyclic) bond motifs is 4. The number of rotatable bonds is 22. The Balaban J connectivity index is 0.000000248. The van der Waals surface area contributed by atoms with E-state index in [9.17, 15) is 9.59 Å². The predicted octanol–water partition coefficient (Wildman–Crippen LogP) is 22.0. The fraction of sp³-hybridized carbons (Fsp3) is 0.536. The Hall–Kier alpha value is -1.34. The van der Waals surface area contributed by atoms with E-state index in [0.717, 1.165) is 111 Å². The summed E-state index contributed by atoms with van der Waals surface area (Å²) in [5.41, 5.74) is 3.97. The van der Waals surface area contributed by atoms with E-state index in [-0.39, 0.29) is 11.6 Å². The SMILES string of the molecule is CCCCC(C#Cc1c2cc(Br)sc2c(C#CC(CC)CCCC)c2cc(Br)sc12)CC.CCCCC(CC)CC(=O)c1c2cc(Br)sc2c(C(=O)CC(CC)CCCC)c2cc(Br)sc12. The largest absolute Gasteiger partial charge is 0.294 e. The first kappa shape index (κ1) is 55.6. The maximum atomic E-state index is 13.7. The molecule has 0 fully saturated rings. The molecule has 2 nitrogen and oxygen atoms in total. The van der Waals surface area contributed by atoms with Crippen molar-refractivity contribution in [3.8, 4) is 23.7 Å². The number of thiophene rings is 4. The fourth-order valence-electron chi connectivity index (χ4n) is 8.84. The van der Waals surface area contributed by atoms with Crippen molar-refractivity contribution < 1.29 is 9.59 Å². The van der Waals surface area contributed by atoms with Crippen molar-refractivity contribution in [2.45, 2.75) is 171 Å². The Bertz CT molecular complexity index is 2400. The molecular weight excluding hydrogens is 1150 g/mol. The van der Waals surface area contributed by atoms with E-state index >= 15 is 0 Å². The number of Topliss-reactive ketones (excluding diaryl/α,β-unsaturated/α-hetero) is 2. The smallest absolute Gasteiger partial charge is 0.165 e. The number of ketones is 2. The molecular formula is C56H68Br4O2S4. The molecule has 0 radical (unpaired) electrons. The second kappa shape index (κ2) is 27.9. The quantitative estimate of drug-likeness (QED) is 0.0501. The second-order valence-electron chi connectivity index (χ2n) is 17.8. The van der Waals surface area contributed by atoms with Crippen molar-refractivity contribution in [2.24, 2.45) is 23.7 Å². The van der Waals surface area contributed by atoms with Gasteiger partial charge in [-0.1, -0.05) is 156 Å². The number of unbranched alkanes of at least 4 members (excludes halogenated alkanes) is 4. The van der Waals surface area contributed by atoms with Gasteiger partial charge in [0, 0.05) is 66.7 Å². The molecule has 0 aliphatic rings. The van der Waals surface area contributed by atoms with Crippen LogP contribution in [0, 0.1) is 47.4 Å². The minimum absolute atomic E-state index is 0.214. The predicted molar refractivity (Wildman–Crippen MR) is 310 cm³/mol. The van der Waals surface area contributed by atoms with Crippen molar-refractivity contribution in [3.05, 3.63) is 61.7 Å². The van der Waals surface area contributed by atoms with Crippen LogP contribution in [-0.4, -0.2) is 11.6 Å². The average molecular weight is 1220 g/mol. The second-order valence-corrected chi connectivity index (χ2v) is 27.5. The first-order valence-corrected chi connectivity index (χ1v) is 31.1. The summed E-state index contributed by atoms with van der Waals surface area (Å²) in [6.45, 7) is 17.8. The van der Waals surface area contributed by atoms with Crippen LogP contribution in [0.15, 0.2) is 39.4 Å². The molecule has 0 amide bonds. The van der Waals surface area contributed by atoms with Gasteiger partial charge in [0.2, 0.25) is 0 Å². The fourth-order valence-corrected chi connectivity index (χ4v) is 15.4. The lowest BCUT2D eigenvalue weighted by atomic mass is 9.87. The Morgan fingerprint density at radius 2 is 0.773 bits per heavy atom. The van der Waals surface area contributed by atoms with Gasteiger partial charge in [0.15, 0.2) is 11.6 Å². The number of halogens is 4. The van der Waals surface area contributed by atoms with Crippen molar-refractivity contribution in [3.63, 3.8) is 0 Å². The van der Waals surface area contributed by atoms with E-state index in [4.69, 9.17) is 0 Å². The van der Waals surface area contributed by atoms with Gasteiger partial charge in [0.1, 0.15) is 0 Å². The van der Waals surface area contributed by atoms with Crippen molar-refractivity contribution >= 4 is 161 Å². The van der Waals surface area contributed by atoms with Crippen LogP contribution in [0.3, 0.4) is 0 Å². The summed E-state index contributed by atoms with van der Waals surface area (Å²) in [7, 11) is 0. The third-order valence-corrected chi connectivity index (χ3v) is 19.6. The molecule has 66 heavy (non-hydrogen) atoms.